The average molecular weight is 215 g/mol. The van der Waals surface area contributed by atoms with Gasteiger partial charge in [-0.15, -0.1) is 0 Å². The van der Waals surface area contributed by atoms with Crippen molar-refractivity contribution in [3.8, 4) is 0 Å². The second kappa shape index (κ2) is 5.38. The Kier molecular flexibility index (Phi) is 4.14. The molecular formula is C11H21NOS. The molecule has 1 saturated carbocycles. The van der Waals surface area contributed by atoms with Gasteiger partial charge in [-0.1, -0.05) is 0 Å². The molecule has 1 aliphatic heterocycles. The van der Waals surface area contributed by atoms with Gasteiger partial charge >= 0.3 is 0 Å². The molecule has 0 unspecified atom stereocenters. The highest BCUT2D eigenvalue weighted by molar-refractivity contribution is 7.99. The van der Waals surface area contributed by atoms with Gasteiger partial charge in [-0.25, -0.2) is 0 Å². The zero-order chi connectivity index (χ0) is 9.80. The average Bonchev–Trinajstić information content (AvgIpc) is 2.16. The summed E-state index contributed by atoms with van der Waals surface area (Å²) < 4.78 is 5.55. The summed E-state index contributed by atoms with van der Waals surface area (Å²) in [5.41, 5.74) is 0. The Morgan fingerprint density at radius 1 is 1.21 bits per heavy atom. The van der Waals surface area contributed by atoms with Crippen molar-refractivity contribution in [3.63, 3.8) is 0 Å². The van der Waals surface area contributed by atoms with E-state index in [1.54, 1.807) is 0 Å². The van der Waals surface area contributed by atoms with E-state index in [9.17, 15) is 0 Å². The zero-order valence-electron chi connectivity index (χ0n) is 9.00. The van der Waals surface area contributed by atoms with Crippen molar-refractivity contribution in [3.05, 3.63) is 0 Å². The lowest BCUT2D eigenvalue weighted by molar-refractivity contribution is -0.0126. The SMILES string of the molecule is CCOC1CC(NC2CCSCC2)C1. The highest BCUT2D eigenvalue weighted by atomic mass is 32.2. The van der Waals surface area contributed by atoms with Crippen molar-refractivity contribution in [2.75, 3.05) is 18.1 Å². The molecule has 2 aliphatic rings. The summed E-state index contributed by atoms with van der Waals surface area (Å²) in [6, 6.07) is 1.54. The van der Waals surface area contributed by atoms with Gasteiger partial charge < -0.3 is 10.1 Å². The van der Waals surface area contributed by atoms with Crippen molar-refractivity contribution >= 4 is 11.8 Å². The van der Waals surface area contributed by atoms with E-state index in [1.807, 2.05) is 0 Å². The zero-order valence-corrected chi connectivity index (χ0v) is 9.81. The van der Waals surface area contributed by atoms with Crippen molar-refractivity contribution in [2.45, 2.75) is 50.8 Å². The van der Waals surface area contributed by atoms with Gasteiger partial charge in [0.05, 0.1) is 6.10 Å². The lowest BCUT2D eigenvalue weighted by atomic mass is 9.88. The molecule has 2 rings (SSSR count). The minimum absolute atomic E-state index is 0.551. The molecule has 2 fully saturated rings. The molecule has 2 nitrogen and oxygen atoms in total. The smallest absolute Gasteiger partial charge is 0.0604 e. The maximum Gasteiger partial charge on any atom is 0.0604 e. The van der Waals surface area contributed by atoms with Crippen LogP contribution in [0.25, 0.3) is 0 Å². The fraction of sp³-hybridized carbons (Fsp3) is 1.00. The van der Waals surface area contributed by atoms with E-state index in [-0.39, 0.29) is 0 Å². The molecule has 0 aromatic heterocycles. The van der Waals surface area contributed by atoms with Gasteiger partial charge in [0.1, 0.15) is 0 Å². The van der Waals surface area contributed by atoms with E-state index in [0.717, 1.165) is 18.7 Å². The van der Waals surface area contributed by atoms with Gasteiger partial charge in [-0.05, 0) is 44.1 Å². The quantitative estimate of drug-likeness (QED) is 0.775. The van der Waals surface area contributed by atoms with E-state index in [1.165, 1.54) is 37.2 Å². The first-order valence-corrected chi connectivity index (χ1v) is 6.99. The monoisotopic (exact) mass is 215 g/mol. The lowest BCUT2D eigenvalue weighted by Crippen LogP contribution is -2.50. The third-order valence-electron chi connectivity index (χ3n) is 3.19. The van der Waals surface area contributed by atoms with E-state index >= 15 is 0 Å². The minimum atomic E-state index is 0.551. The second-order valence-electron chi connectivity index (χ2n) is 4.30. The molecule has 1 N–H and O–H groups in total. The Morgan fingerprint density at radius 2 is 1.93 bits per heavy atom. The first-order chi connectivity index (χ1) is 6.88. The molecule has 14 heavy (non-hydrogen) atoms. The van der Waals surface area contributed by atoms with Gasteiger partial charge in [0.15, 0.2) is 0 Å². The highest BCUT2D eigenvalue weighted by Gasteiger charge is 2.31. The van der Waals surface area contributed by atoms with Crippen LogP contribution in [0, 0.1) is 0 Å². The standard InChI is InChI=1S/C11H21NOS/c1-2-13-11-7-10(8-11)12-9-3-5-14-6-4-9/h9-12H,2-8H2,1H3. The fourth-order valence-electron chi connectivity index (χ4n) is 2.27. The molecule has 0 spiro atoms. The normalized spacial score (nSPS) is 34.1. The Hall–Kier alpha value is 0.270. The van der Waals surface area contributed by atoms with Crippen LogP contribution in [0.2, 0.25) is 0 Å². The molecule has 0 radical (unpaired) electrons. The second-order valence-corrected chi connectivity index (χ2v) is 5.52. The van der Waals surface area contributed by atoms with E-state index in [4.69, 9.17) is 4.74 Å². The summed E-state index contributed by atoms with van der Waals surface area (Å²) >= 11 is 2.10. The maximum absolute atomic E-state index is 5.55. The summed E-state index contributed by atoms with van der Waals surface area (Å²) in [5.74, 6) is 2.69. The molecule has 0 aromatic carbocycles. The van der Waals surface area contributed by atoms with Crippen LogP contribution in [0.1, 0.15) is 32.6 Å². The summed E-state index contributed by atoms with van der Waals surface area (Å²) in [6.45, 7) is 2.95. The molecule has 82 valence electrons. The van der Waals surface area contributed by atoms with E-state index in [0.29, 0.717) is 6.10 Å². The van der Waals surface area contributed by atoms with Crippen LogP contribution in [0.4, 0.5) is 0 Å². The summed E-state index contributed by atoms with van der Waals surface area (Å²) in [4.78, 5) is 0. The number of ether oxygens (including phenoxy) is 1. The van der Waals surface area contributed by atoms with Crippen LogP contribution < -0.4 is 5.32 Å². The molecule has 0 amide bonds. The predicted octanol–water partition coefficient (Wildman–Crippen LogP) is 2.04. The molecule has 0 bridgehead atoms. The molecule has 0 aromatic rings. The molecule has 3 heteroatoms. The summed E-state index contributed by atoms with van der Waals surface area (Å²) in [5, 5.41) is 3.75. The topological polar surface area (TPSA) is 21.3 Å². The molecule has 1 saturated heterocycles. The minimum Gasteiger partial charge on any atom is -0.378 e. The summed E-state index contributed by atoms with van der Waals surface area (Å²) in [6.07, 6.45) is 5.74. The van der Waals surface area contributed by atoms with Crippen molar-refractivity contribution < 1.29 is 4.74 Å². The van der Waals surface area contributed by atoms with Crippen molar-refractivity contribution in [1.82, 2.24) is 5.32 Å². The maximum atomic E-state index is 5.55. The van der Waals surface area contributed by atoms with E-state index < -0.39 is 0 Å². The van der Waals surface area contributed by atoms with E-state index in [2.05, 4.69) is 24.0 Å². The molecule has 0 atom stereocenters. The number of thioether (sulfide) groups is 1. The Bertz CT molecular complexity index is 165. The Labute approximate surface area is 91.2 Å². The van der Waals surface area contributed by atoms with Gasteiger partial charge in [0.2, 0.25) is 0 Å². The van der Waals surface area contributed by atoms with Gasteiger partial charge in [0.25, 0.3) is 0 Å². The van der Waals surface area contributed by atoms with Gasteiger partial charge in [0, 0.05) is 18.7 Å². The largest absolute Gasteiger partial charge is 0.378 e. The van der Waals surface area contributed by atoms with Crippen LogP contribution in [-0.2, 0) is 4.74 Å². The first-order valence-electron chi connectivity index (χ1n) is 5.84. The molecule has 1 heterocycles. The third kappa shape index (κ3) is 2.88. The fourth-order valence-corrected chi connectivity index (χ4v) is 3.38. The Balaban J connectivity index is 1.58. The Morgan fingerprint density at radius 3 is 2.57 bits per heavy atom. The third-order valence-corrected chi connectivity index (χ3v) is 4.24. The van der Waals surface area contributed by atoms with Crippen LogP contribution in [-0.4, -0.2) is 36.3 Å². The van der Waals surface area contributed by atoms with Gasteiger partial charge in [-0.3, -0.25) is 0 Å². The lowest BCUT2D eigenvalue weighted by Gasteiger charge is -2.38. The van der Waals surface area contributed by atoms with Gasteiger partial charge in [-0.2, -0.15) is 11.8 Å². The van der Waals surface area contributed by atoms with Crippen LogP contribution >= 0.6 is 11.8 Å². The number of hydrogen-bond donors (Lipinski definition) is 1. The van der Waals surface area contributed by atoms with Crippen molar-refractivity contribution in [1.29, 1.82) is 0 Å². The van der Waals surface area contributed by atoms with Crippen LogP contribution in [0.15, 0.2) is 0 Å². The number of nitrogens with one attached hydrogen (secondary N) is 1. The number of rotatable bonds is 4. The molecular weight excluding hydrogens is 194 g/mol. The number of hydrogen-bond acceptors (Lipinski definition) is 3. The van der Waals surface area contributed by atoms with Crippen LogP contribution in [0.3, 0.4) is 0 Å². The molecule has 1 aliphatic carbocycles. The highest BCUT2D eigenvalue weighted by Crippen LogP contribution is 2.26. The van der Waals surface area contributed by atoms with Crippen LogP contribution in [0.5, 0.6) is 0 Å². The van der Waals surface area contributed by atoms with Crippen molar-refractivity contribution in [2.24, 2.45) is 0 Å². The summed E-state index contributed by atoms with van der Waals surface area (Å²) in [7, 11) is 0. The predicted molar refractivity (Wildman–Crippen MR) is 61.9 cm³/mol. The first kappa shape index (κ1) is 10.8.